The number of hydrogen-bond acceptors (Lipinski definition) is 0. The first-order valence-corrected chi connectivity index (χ1v) is 19.7. The van der Waals surface area contributed by atoms with Gasteiger partial charge in [0.05, 0.1) is 16.1 Å². The molecule has 3 aromatic rings. The molecule has 5 heteroatoms. The summed E-state index contributed by atoms with van der Waals surface area (Å²) in [6, 6.07) is 16.6. The second-order valence-corrected chi connectivity index (χ2v) is 22.6. The van der Waals surface area contributed by atoms with Crippen molar-refractivity contribution in [3.63, 3.8) is 0 Å². The Morgan fingerprint density at radius 3 is 1.48 bits per heavy atom. The first kappa shape index (κ1) is 30.6. The van der Waals surface area contributed by atoms with Crippen LogP contribution in [0.3, 0.4) is 0 Å². The van der Waals surface area contributed by atoms with E-state index >= 15 is 0 Å². The Labute approximate surface area is 230 Å². The average molecular weight is 591 g/mol. The maximum atomic E-state index is 2.99. The molecule has 0 saturated heterocycles. The zero-order valence-electron chi connectivity index (χ0n) is 20.9. The van der Waals surface area contributed by atoms with Crippen LogP contribution in [0.1, 0.15) is 25.7 Å². The minimum absolute atomic E-state index is 0. The Balaban J connectivity index is 0.000000375. The molecule has 33 heavy (non-hydrogen) atoms. The van der Waals surface area contributed by atoms with E-state index in [4.69, 9.17) is 0 Å². The third-order valence-corrected chi connectivity index (χ3v) is 11.3. The Bertz CT molecular complexity index is 1040. The summed E-state index contributed by atoms with van der Waals surface area (Å²) in [5.41, 5.74) is 0. The Kier molecular flexibility index (Phi) is 12.1. The van der Waals surface area contributed by atoms with Gasteiger partial charge >= 0.3 is 46.7 Å². The molecule has 5 rings (SSSR count). The molecule has 0 bridgehead atoms. The molecule has 0 atom stereocenters. The molecule has 0 aromatic heterocycles. The molecule has 2 aliphatic carbocycles. The third-order valence-electron chi connectivity index (χ3n) is 5.98. The third kappa shape index (κ3) is 8.62. The number of rotatable bonds is 2. The van der Waals surface area contributed by atoms with Crippen molar-refractivity contribution >= 4 is 51.3 Å². The quantitative estimate of drug-likeness (QED) is 0.309. The summed E-state index contributed by atoms with van der Waals surface area (Å²) in [6.07, 6.45) is 14.4. The molecule has 1 fully saturated rings. The molecule has 0 radical (unpaired) electrons. The van der Waals surface area contributed by atoms with E-state index in [1.54, 1.807) is 37.8 Å². The fourth-order valence-corrected chi connectivity index (χ4v) is 6.86. The van der Waals surface area contributed by atoms with Gasteiger partial charge in [0.15, 0.2) is 0 Å². The van der Waals surface area contributed by atoms with Crippen LogP contribution in [-0.4, -0.2) is 19.4 Å². The summed E-state index contributed by atoms with van der Waals surface area (Å²) < 4.78 is 1.78. The van der Waals surface area contributed by atoms with Gasteiger partial charge in [-0.05, 0) is 0 Å². The van der Waals surface area contributed by atoms with Crippen LogP contribution < -0.4 is 35.2 Å². The molecule has 0 N–H and O–H groups in total. The number of benzene rings is 2. The van der Waals surface area contributed by atoms with Crippen LogP contribution in [0.15, 0.2) is 60.7 Å². The summed E-state index contributed by atoms with van der Waals surface area (Å²) in [4.78, 5) is 0. The zero-order valence-corrected chi connectivity index (χ0v) is 26.8. The fourth-order valence-electron chi connectivity index (χ4n) is 3.65. The van der Waals surface area contributed by atoms with E-state index in [2.05, 4.69) is 93.9 Å². The van der Waals surface area contributed by atoms with Crippen molar-refractivity contribution in [3.8, 4) is 0 Å². The van der Waals surface area contributed by atoms with Crippen LogP contribution in [-0.2, 0) is 24.2 Å². The predicted molar refractivity (Wildman–Crippen MR) is 143 cm³/mol. The molecule has 1 saturated carbocycles. The van der Waals surface area contributed by atoms with E-state index in [1.807, 2.05) is 12.2 Å². The summed E-state index contributed by atoms with van der Waals surface area (Å²) in [6.45, 7) is 14.5. The normalized spacial score (nSPS) is 14.5. The van der Waals surface area contributed by atoms with Crippen molar-refractivity contribution in [3.05, 3.63) is 66.8 Å². The van der Waals surface area contributed by atoms with Crippen LogP contribution in [0.5, 0.6) is 0 Å². The van der Waals surface area contributed by atoms with Crippen molar-refractivity contribution in [2.24, 2.45) is 0 Å². The van der Waals surface area contributed by atoms with Gasteiger partial charge in [0.1, 0.15) is 0 Å². The predicted octanol–water partition coefficient (Wildman–Crippen LogP) is 1.01. The van der Waals surface area contributed by atoms with E-state index in [9.17, 15) is 0 Å². The molecule has 0 heterocycles. The minimum atomic E-state index is -1.23. The van der Waals surface area contributed by atoms with E-state index in [-0.39, 0.29) is 24.8 Å². The van der Waals surface area contributed by atoms with Crippen LogP contribution in [0.25, 0.3) is 21.5 Å². The molecule has 3 aromatic carbocycles. The molecular formula is C28H36Cl2Si2Zr-2. The molecule has 0 aliphatic heterocycles. The second kappa shape index (κ2) is 13.0. The van der Waals surface area contributed by atoms with Gasteiger partial charge in [0.2, 0.25) is 0 Å². The standard InChI is InChI=1S/C19H25Si2.C5H5.C4H6.2ClH.Zr/c1-20(2,3)16-7-9-18-14(12-16)11-15-13-17(21(4,5)6)8-10-19(15)18;1-2-4-5-3-1;1-2-4-3-1;;;/h7-13H,1-6H3;1-3H,4H2;1-3H2;2*1H;/q2*-1;;;;+2/p-2. The molecule has 176 valence electrons. The number of halogens is 2. The van der Waals surface area contributed by atoms with E-state index in [1.165, 1.54) is 40.8 Å². The van der Waals surface area contributed by atoms with Gasteiger partial charge < -0.3 is 24.8 Å². The summed E-state index contributed by atoms with van der Waals surface area (Å²) >= 11 is 1.67. The van der Waals surface area contributed by atoms with E-state index < -0.39 is 16.1 Å². The topological polar surface area (TPSA) is 0 Å². The van der Waals surface area contributed by atoms with Gasteiger partial charge in [-0.3, -0.25) is 6.08 Å². The van der Waals surface area contributed by atoms with Crippen LogP contribution in [0.2, 0.25) is 39.3 Å². The molecule has 0 amide bonds. The average Bonchev–Trinajstić information content (AvgIpc) is 3.35. The number of allylic oxidation sites excluding steroid dienone is 4. The Morgan fingerprint density at radius 2 is 1.24 bits per heavy atom. The fraction of sp³-hybridized carbons (Fsp3) is 0.357. The summed E-state index contributed by atoms with van der Waals surface area (Å²) in [7, 11) is -2.47. The summed E-state index contributed by atoms with van der Waals surface area (Å²) in [5.74, 6) is 0. The van der Waals surface area contributed by atoms with Crippen molar-refractivity contribution in [1.82, 2.24) is 0 Å². The SMILES string of the molecule is C[Si](C)(C)c1ccc2c(c1)[cH-]c1cc([Si](C)(C)C)ccc12.[C-]1=CC=CC1.[Cl-].[Cl-].[Zr+2]=[C]1CCC1. The van der Waals surface area contributed by atoms with Crippen molar-refractivity contribution < 1.29 is 49.0 Å². The van der Waals surface area contributed by atoms with E-state index in [0.29, 0.717) is 0 Å². The van der Waals surface area contributed by atoms with Crippen molar-refractivity contribution in [2.75, 3.05) is 0 Å². The Morgan fingerprint density at radius 1 is 0.788 bits per heavy atom. The first-order chi connectivity index (χ1) is 14.6. The van der Waals surface area contributed by atoms with Gasteiger partial charge in [-0.15, -0.1) is 46.2 Å². The number of hydrogen-bond donors (Lipinski definition) is 0. The van der Waals surface area contributed by atoms with Crippen LogP contribution in [0, 0.1) is 6.08 Å². The van der Waals surface area contributed by atoms with Gasteiger partial charge in [-0.1, -0.05) is 73.9 Å². The second-order valence-electron chi connectivity index (χ2n) is 10.7. The molecule has 0 spiro atoms. The van der Waals surface area contributed by atoms with Gasteiger partial charge in [0.25, 0.3) is 0 Å². The van der Waals surface area contributed by atoms with Gasteiger partial charge in [-0.2, -0.15) is 6.08 Å². The van der Waals surface area contributed by atoms with Crippen molar-refractivity contribution in [1.29, 1.82) is 0 Å². The first-order valence-electron chi connectivity index (χ1n) is 11.5. The maximum absolute atomic E-state index is 2.99. The monoisotopic (exact) mass is 588 g/mol. The molecule has 0 unspecified atom stereocenters. The van der Waals surface area contributed by atoms with E-state index in [0.717, 1.165) is 6.42 Å². The van der Waals surface area contributed by atoms with Crippen molar-refractivity contribution in [2.45, 2.75) is 65.0 Å². The summed E-state index contributed by atoms with van der Waals surface area (Å²) in [5, 5.41) is 8.75. The van der Waals surface area contributed by atoms with Crippen LogP contribution in [0.4, 0.5) is 0 Å². The van der Waals surface area contributed by atoms with Gasteiger partial charge in [0, 0.05) is 0 Å². The number of fused-ring (bicyclic) bond motifs is 3. The van der Waals surface area contributed by atoms with Gasteiger partial charge in [-0.25, -0.2) is 12.2 Å². The molecule has 2 aliphatic rings. The van der Waals surface area contributed by atoms with Crippen LogP contribution >= 0.6 is 0 Å². The zero-order chi connectivity index (χ0) is 22.6. The Hall–Kier alpha value is -0.443. The molecular weight excluding hydrogens is 555 g/mol. The molecule has 0 nitrogen and oxygen atoms in total.